The minimum absolute atomic E-state index is 0.291. The summed E-state index contributed by atoms with van der Waals surface area (Å²) in [5, 5.41) is 3.60. The first-order valence-electron chi connectivity index (χ1n) is 7.43. The second-order valence-corrected chi connectivity index (χ2v) is 6.01. The standard InChI is InChI=1S/C18H25NO/c1-13(2)11-16-5-7-17(8-6-16)14(3)19-15(4)18-9-10-20-12-18/h5-10,12-15,19H,11H2,1-4H3. The molecule has 2 unspecified atom stereocenters. The molecular formula is C18H25NO. The number of hydrogen-bond donors (Lipinski definition) is 1. The zero-order chi connectivity index (χ0) is 14.5. The quantitative estimate of drug-likeness (QED) is 0.809. The van der Waals surface area contributed by atoms with Crippen LogP contribution in [0.25, 0.3) is 0 Å². The molecule has 0 spiro atoms. The normalized spacial score (nSPS) is 14.4. The first kappa shape index (κ1) is 14.9. The second kappa shape index (κ2) is 6.76. The molecule has 0 fully saturated rings. The Bertz CT molecular complexity index is 499. The molecule has 1 aromatic heterocycles. The van der Waals surface area contributed by atoms with Crippen LogP contribution in [0.4, 0.5) is 0 Å². The highest BCUT2D eigenvalue weighted by molar-refractivity contribution is 5.25. The minimum atomic E-state index is 0.291. The van der Waals surface area contributed by atoms with Crippen molar-refractivity contribution in [3.05, 3.63) is 59.5 Å². The van der Waals surface area contributed by atoms with Crippen molar-refractivity contribution < 1.29 is 4.42 Å². The van der Waals surface area contributed by atoms with Crippen molar-refractivity contribution in [2.45, 2.75) is 46.2 Å². The van der Waals surface area contributed by atoms with Gasteiger partial charge in [-0.1, -0.05) is 38.1 Å². The van der Waals surface area contributed by atoms with Gasteiger partial charge < -0.3 is 9.73 Å². The number of hydrogen-bond acceptors (Lipinski definition) is 2. The van der Waals surface area contributed by atoms with E-state index in [9.17, 15) is 0 Å². The maximum atomic E-state index is 5.14. The van der Waals surface area contributed by atoms with Gasteiger partial charge in [0.05, 0.1) is 12.5 Å². The van der Waals surface area contributed by atoms with Gasteiger partial charge in [-0.05, 0) is 43.4 Å². The highest BCUT2D eigenvalue weighted by Gasteiger charge is 2.12. The van der Waals surface area contributed by atoms with Gasteiger partial charge >= 0.3 is 0 Å². The van der Waals surface area contributed by atoms with E-state index in [-0.39, 0.29) is 0 Å². The van der Waals surface area contributed by atoms with Crippen molar-refractivity contribution in [2.24, 2.45) is 5.92 Å². The summed E-state index contributed by atoms with van der Waals surface area (Å²) in [6.45, 7) is 8.87. The molecule has 1 heterocycles. The lowest BCUT2D eigenvalue weighted by atomic mass is 9.99. The molecule has 0 radical (unpaired) electrons. The predicted octanol–water partition coefficient (Wildman–Crippen LogP) is 4.89. The number of benzene rings is 1. The van der Waals surface area contributed by atoms with E-state index < -0.39 is 0 Å². The van der Waals surface area contributed by atoms with Crippen LogP contribution in [0.2, 0.25) is 0 Å². The summed E-state index contributed by atoms with van der Waals surface area (Å²) in [5.41, 5.74) is 3.93. The van der Waals surface area contributed by atoms with Crippen molar-refractivity contribution in [3.63, 3.8) is 0 Å². The van der Waals surface area contributed by atoms with E-state index in [1.165, 1.54) is 16.7 Å². The fourth-order valence-electron chi connectivity index (χ4n) is 2.50. The van der Waals surface area contributed by atoms with Crippen LogP contribution in [0.3, 0.4) is 0 Å². The van der Waals surface area contributed by atoms with Crippen molar-refractivity contribution >= 4 is 0 Å². The molecule has 1 aromatic carbocycles. The van der Waals surface area contributed by atoms with E-state index in [0.717, 1.165) is 6.42 Å². The predicted molar refractivity (Wildman–Crippen MR) is 83.7 cm³/mol. The SMILES string of the molecule is CC(C)Cc1ccc(C(C)NC(C)c2ccoc2)cc1. The fourth-order valence-corrected chi connectivity index (χ4v) is 2.50. The van der Waals surface area contributed by atoms with Crippen LogP contribution in [0.15, 0.2) is 47.3 Å². The van der Waals surface area contributed by atoms with Crippen molar-refractivity contribution in [3.8, 4) is 0 Å². The molecule has 0 aliphatic carbocycles. The summed E-state index contributed by atoms with van der Waals surface area (Å²) in [7, 11) is 0. The van der Waals surface area contributed by atoms with Crippen molar-refractivity contribution in [1.82, 2.24) is 5.32 Å². The van der Waals surface area contributed by atoms with Crippen LogP contribution < -0.4 is 5.32 Å². The number of nitrogens with one attached hydrogen (secondary N) is 1. The van der Waals surface area contributed by atoms with Crippen molar-refractivity contribution in [2.75, 3.05) is 0 Å². The van der Waals surface area contributed by atoms with Crippen LogP contribution in [0, 0.1) is 5.92 Å². The highest BCUT2D eigenvalue weighted by Crippen LogP contribution is 2.20. The molecule has 2 nitrogen and oxygen atoms in total. The fraction of sp³-hybridized carbons (Fsp3) is 0.444. The average molecular weight is 271 g/mol. The monoisotopic (exact) mass is 271 g/mol. The number of furan rings is 1. The van der Waals surface area contributed by atoms with Gasteiger partial charge in [-0.3, -0.25) is 0 Å². The van der Waals surface area contributed by atoms with E-state index in [4.69, 9.17) is 4.42 Å². The van der Waals surface area contributed by atoms with Crippen LogP contribution >= 0.6 is 0 Å². The van der Waals surface area contributed by atoms with Crippen LogP contribution in [0.5, 0.6) is 0 Å². The molecule has 0 saturated carbocycles. The lowest BCUT2D eigenvalue weighted by molar-refractivity contribution is 0.486. The summed E-state index contributed by atoms with van der Waals surface area (Å²) in [6.07, 6.45) is 4.67. The first-order chi connectivity index (χ1) is 9.56. The maximum absolute atomic E-state index is 5.14. The Morgan fingerprint density at radius 1 is 0.900 bits per heavy atom. The van der Waals surface area contributed by atoms with Gasteiger partial charge in [0.25, 0.3) is 0 Å². The van der Waals surface area contributed by atoms with E-state index >= 15 is 0 Å². The Morgan fingerprint density at radius 3 is 2.10 bits per heavy atom. The van der Waals surface area contributed by atoms with Crippen LogP contribution in [-0.4, -0.2) is 0 Å². The zero-order valence-electron chi connectivity index (χ0n) is 12.9. The maximum Gasteiger partial charge on any atom is 0.0950 e. The molecule has 2 aromatic rings. The van der Waals surface area contributed by atoms with Gasteiger partial charge in [0, 0.05) is 17.6 Å². The molecule has 2 rings (SSSR count). The summed E-state index contributed by atoms with van der Waals surface area (Å²) >= 11 is 0. The second-order valence-electron chi connectivity index (χ2n) is 6.01. The van der Waals surface area contributed by atoms with Gasteiger partial charge in [0.1, 0.15) is 0 Å². The van der Waals surface area contributed by atoms with Crippen LogP contribution in [-0.2, 0) is 6.42 Å². The molecule has 2 heteroatoms. The zero-order valence-corrected chi connectivity index (χ0v) is 12.9. The number of rotatable bonds is 6. The van der Waals surface area contributed by atoms with Crippen molar-refractivity contribution in [1.29, 1.82) is 0 Å². The summed E-state index contributed by atoms with van der Waals surface area (Å²) in [5.74, 6) is 0.706. The third-order valence-electron chi connectivity index (χ3n) is 3.67. The molecular weight excluding hydrogens is 246 g/mol. The molecule has 0 amide bonds. The Morgan fingerprint density at radius 2 is 1.55 bits per heavy atom. The minimum Gasteiger partial charge on any atom is -0.472 e. The Labute approximate surface area is 122 Å². The van der Waals surface area contributed by atoms with Gasteiger partial charge in [-0.15, -0.1) is 0 Å². The summed E-state index contributed by atoms with van der Waals surface area (Å²) < 4.78 is 5.14. The molecule has 0 bridgehead atoms. The molecule has 20 heavy (non-hydrogen) atoms. The highest BCUT2D eigenvalue weighted by atomic mass is 16.3. The Hall–Kier alpha value is -1.54. The van der Waals surface area contributed by atoms with Gasteiger partial charge in [-0.25, -0.2) is 0 Å². The van der Waals surface area contributed by atoms with Gasteiger partial charge in [0.2, 0.25) is 0 Å². The van der Waals surface area contributed by atoms with E-state index in [1.54, 1.807) is 12.5 Å². The third-order valence-corrected chi connectivity index (χ3v) is 3.67. The Kier molecular flexibility index (Phi) is 5.02. The van der Waals surface area contributed by atoms with Gasteiger partial charge in [-0.2, -0.15) is 0 Å². The van der Waals surface area contributed by atoms with E-state index in [0.29, 0.717) is 18.0 Å². The molecule has 0 aliphatic rings. The van der Waals surface area contributed by atoms with Crippen LogP contribution in [0.1, 0.15) is 56.5 Å². The van der Waals surface area contributed by atoms with E-state index in [2.05, 4.69) is 57.3 Å². The molecule has 108 valence electrons. The lowest BCUT2D eigenvalue weighted by Crippen LogP contribution is -2.22. The first-order valence-corrected chi connectivity index (χ1v) is 7.43. The average Bonchev–Trinajstić information content (AvgIpc) is 2.92. The summed E-state index contributed by atoms with van der Waals surface area (Å²) in [4.78, 5) is 0. The molecule has 0 aliphatic heterocycles. The molecule has 1 N–H and O–H groups in total. The molecule has 2 atom stereocenters. The molecule has 0 saturated heterocycles. The largest absolute Gasteiger partial charge is 0.472 e. The lowest BCUT2D eigenvalue weighted by Gasteiger charge is -2.20. The Balaban J connectivity index is 1.97. The van der Waals surface area contributed by atoms with Gasteiger partial charge in [0.15, 0.2) is 0 Å². The third kappa shape index (κ3) is 3.97. The topological polar surface area (TPSA) is 25.2 Å². The smallest absolute Gasteiger partial charge is 0.0950 e. The van der Waals surface area contributed by atoms with E-state index in [1.807, 2.05) is 6.07 Å². The summed E-state index contributed by atoms with van der Waals surface area (Å²) in [6, 6.07) is 11.6.